The Bertz CT molecular complexity index is 973. The highest BCUT2D eigenvalue weighted by Crippen LogP contribution is 2.18. The molecule has 142 valence electrons. The molecule has 0 spiro atoms. The number of hydrogen-bond donors (Lipinski definition) is 2. The van der Waals surface area contributed by atoms with Crippen LogP contribution in [0.25, 0.3) is 0 Å². The van der Waals surface area contributed by atoms with Gasteiger partial charge in [0.1, 0.15) is 11.5 Å². The summed E-state index contributed by atoms with van der Waals surface area (Å²) in [6.45, 7) is 0.279. The van der Waals surface area contributed by atoms with E-state index in [2.05, 4.69) is 15.6 Å². The van der Waals surface area contributed by atoms with Crippen molar-refractivity contribution in [2.75, 3.05) is 12.4 Å². The molecular formula is C21H18FN3O3. The van der Waals surface area contributed by atoms with Crippen molar-refractivity contribution in [2.45, 2.75) is 6.54 Å². The predicted octanol–water partition coefficient (Wildman–Crippen LogP) is 3.68. The van der Waals surface area contributed by atoms with Crippen LogP contribution in [0.5, 0.6) is 0 Å². The zero-order valence-electron chi connectivity index (χ0n) is 15.1. The van der Waals surface area contributed by atoms with Gasteiger partial charge < -0.3 is 15.4 Å². The van der Waals surface area contributed by atoms with E-state index >= 15 is 0 Å². The Morgan fingerprint density at radius 2 is 1.82 bits per heavy atom. The molecule has 7 heteroatoms. The quantitative estimate of drug-likeness (QED) is 0.639. The number of pyridine rings is 1. The van der Waals surface area contributed by atoms with Crippen LogP contribution in [0.4, 0.5) is 15.8 Å². The van der Waals surface area contributed by atoms with Gasteiger partial charge in [-0.2, -0.15) is 0 Å². The van der Waals surface area contributed by atoms with Gasteiger partial charge >= 0.3 is 5.97 Å². The summed E-state index contributed by atoms with van der Waals surface area (Å²) in [6, 6.07) is 16.1. The Morgan fingerprint density at radius 1 is 1.04 bits per heavy atom. The molecule has 0 aliphatic heterocycles. The van der Waals surface area contributed by atoms with Crippen molar-refractivity contribution < 1.29 is 18.7 Å². The van der Waals surface area contributed by atoms with Crippen molar-refractivity contribution >= 4 is 23.3 Å². The molecule has 3 aromatic rings. The standard InChI is InChI=1S/C21H18FN3O3/c1-28-21(27)15-3-2-4-17(11-15)25-18-9-10-19(23-13-18)20(26)24-12-14-5-7-16(22)8-6-14/h2-11,13,25H,12H2,1H3,(H,24,26). The molecule has 0 radical (unpaired) electrons. The topological polar surface area (TPSA) is 80.3 Å². The molecule has 1 heterocycles. The number of benzene rings is 2. The van der Waals surface area contributed by atoms with Gasteiger partial charge in [0, 0.05) is 12.2 Å². The fourth-order valence-corrected chi connectivity index (χ4v) is 2.49. The van der Waals surface area contributed by atoms with Gasteiger partial charge in [0.15, 0.2) is 0 Å². The lowest BCUT2D eigenvalue weighted by atomic mass is 10.2. The van der Waals surface area contributed by atoms with Crippen LogP contribution in [-0.4, -0.2) is 24.0 Å². The highest BCUT2D eigenvalue weighted by Gasteiger charge is 2.08. The lowest BCUT2D eigenvalue weighted by Gasteiger charge is -2.09. The summed E-state index contributed by atoms with van der Waals surface area (Å²) in [6.07, 6.45) is 1.53. The number of halogens is 1. The Morgan fingerprint density at radius 3 is 2.50 bits per heavy atom. The number of esters is 1. The van der Waals surface area contributed by atoms with Gasteiger partial charge in [-0.05, 0) is 48.0 Å². The molecule has 0 aliphatic rings. The molecule has 6 nitrogen and oxygen atoms in total. The van der Waals surface area contributed by atoms with E-state index in [-0.39, 0.29) is 24.0 Å². The molecule has 1 amide bonds. The van der Waals surface area contributed by atoms with E-state index in [9.17, 15) is 14.0 Å². The minimum Gasteiger partial charge on any atom is -0.465 e. The first-order valence-corrected chi connectivity index (χ1v) is 8.49. The van der Waals surface area contributed by atoms with Crippen LogP contribution in [0, 0.1) is 5.82 Å². The monoisotopic (exact) mass is 379 g/mol. The van der Waals surface area contributed by atoms with Crippen molar-refractivity contribution in [1.82, 2.24) is 10.3 Å². The van der Waals surface area contributed by atoms with Crippen molar-refractivity contribution in [3.05, 3.63) is 89.5 Å². The number of methoxy groups -OCH3 is 1. The fourth-order valence-electron chi connectivity index (χ4n) is 2.49. The van der Waals surface area contributed by atoms with Crippen molar-refractivity contribution in [2.24, 2.45) is 0 Å². The van der Waals surface area contributed by atoms with Crippen LogP contribution in [0.3, 0.4) is 0 Å². The van der Waals surface area contributed by atoms with Crippen LogP contribution < -0.4 is 10.6 Å². The van der Waals surface area contributed by atoms with E-state index < -0.39 is 5.97 Å². The molecule has 2 N–H and O–H groups in total. The summed E-state index contributed by atoms with van der Waals surface area (Å²) in [4.78, 5) is 27.9. The lowest BCUT2D eigenvalue weighted by molar-refractivity contribution is 0.0600. The summed E-state index contributed by atoms with van der Waals surface area (Å²) in [5.41, 5.74) is 2.84. The van der Waals surface area contributed by atoms with Gasteiger partial charge in [0.25, 0.3) is 5.91 Å². The lowest BCUT2D eigenvalue weighted by Crippen LogP contribution is -2.23. The molecule has 0 atom stereocenters. The van der Waals surface area contributed by atoms with Gasteiger partial charge in [-0.3, -0.25) is 4.79 Å². The van der Waals surface area contributed by atoms with Crippen LogP contribution >= 0.6 is 0 Å². The molecule has 0 bridgehead atoms. The van der Waals surface area contributed by atoms with Crippen molar-refractivity contribution in [3.63, 3.8) is 0 Å². The second-order valence-corrected chi connectivity index (χ2v) is 5.94. The molecule has 0 saturated carbocycles. The Hall–Kier alpha value is -3.74. The number of carbonyl (C=O) groups excluding carboxylic acids is 2. The third kappa shape index (κ3) is 4.91. The van der Waals surface area contributed by atoms with Crippen molar-refractivity contribution in [1.29, 1.82) is 0 Å². The number of nitrogens with zero attached hydrogens (tertiary/aromatic N) is 1. The zero-order valence-corrected chi connectivity index (χ0v) is 15.1. The fraction of sp³-hybridized carbons (Fsp3) is 0.0952. The van der Waals surface area contributed by atoms with E-state index in [1.165, 1.54) is 25.4 Å². The minimum atomic E-state index is -0.421. The molecule has 0 aliphatic carbocycles. The van der Waals surface area contributed by atoms with Gasteiger partial charge in [-0.15, -0.1) is 0 Å². The molecule has 3 rings (SSSR count). The summed E-state index contributed by atoms with van der Waals surface area (Å²) in [5, 5.41) is 5.85. The number of amides is 1. The van der Waals surface area contributed by atoms with Gasteiger partial charge in [-0.25, -0.2) is 14.2 Å². The van der Waals surface area contributed by atoms with Gasteiger partial charge in [0.2, 0.25) is 0 Å². The second-order valence-electron chi connectivity index (χ2n) is 5.94. The second kappa shape index (κ2) is 8.77. The Balaban J connectivity index is 1.60. The number of nitrogens with one attached hydrogen (secondary N) is 2. The number of rotatable bonds is 6. The van der Waals surface area contributed by atoms with E-state index in [1.54, 1.807) is 48.5 Å². The largest absolute Gasteiger partial charge is 0.465 e. The minimum absolute atomic E-state index is 0.260. The third-order valence-corrected chi connectivity index (χ3v) is 3.93. The zero-order chi connectivity index (χ0) is 19.9. The maximum Gasteiger partial charge on any atom is 0.337 e. The maximum atomic E-state index is 12.9. The highest BCUT2D eigenvalue weighted by molar-refractivity contribution is 5.92. The van der Waals surface area contributed by atoms with Crippen LogP contribution in [0.1, 0.15) is 26.4 Å². The average molecular weight is 379 g/mol. The molecule has 1 aromatic heterocycles. The Labute approximate surface area is 161 Å². The first-order valence-electron chi connectivity index (χ1n) is 8.49. The summed E-state index contributed by atoms with van der Waals surface area (Å²) in [7, 11) is 1.33. The van der Waals surface area contributed by atoms with Gasteiger partial charge in [0.05, 0.1) is 24.6 Å². The Kier molecular flexibility index (Phi) is 5.96. The maximum absolute atomic E-state index is 12.9. The first kappa shape index (κ1) is 19.0. The normalized spacial score (nSPS) is 10.2. The summed E-state index contributed by atoms with van der Waals surface area (Å²) < 4.78 is 17.6. The number of carbonyl (C=O) groups is 2. The molecule has 0 fully saturated rings. The van der Waals surface area contributed by atoms with E-state index in [4.69, 9.17) is 4.74 Å². The number of hydrogen-bond acceptors (Lipinski definition) is 5. The number of anilines is 2. The summed E-state index contributed by atoms with van der Waals surface area (Å²) in [5.74, 6) is -1.07. The highest BCUT2D eigenvalue weighted by atomic mass is 19.1. The van der Waals surface area contributed by atoms with E-state index in [0.717, 1.165) is 5.56 Å². The SMILES string of the molecule is COC(=O)c1cccc(Nc2ccc(C(=O)NCc3ccc(F)cc3)nc2)c1. The van der Waals surface area contributed by atoms with Crippen molar-refractivity contribution in [3.8, 4) is 0 Å². The third-order valence-electron chi connectivity index (χ3n) is 3.93. The average Bonchev–Trinajstić information content (AvgIpc) is 2.73. The molecule has 0 unspecified atom stereocenters. The number of ether oxygens (including phenoxy) is 1. The smallest absolute Gasteiger partial charge is 0.337 e. The van der Waals surface area contributed by atoms with Gasteiger partial charge in [-0.1, -0.05) is 18.2 Å². The molecule has 2 aromatic carbocycles. The van der Waals surface area contributed by atoms with Crippen LogP contribution in [-0.2, 0) is 11.3 Å². The summed E-state index contributed by atoms with van der Waals surface area (Å²) >= 11 is 0. The molecule has 28 heavy (non-hydrogen) atoms. The molecule has 0 saturated heterocycles. The predicted molar refractivity (Wildman–Crippen MR) is 103 cm³/mol. The van der Waals surface area contributed by atoms with Crippen LogP contribution in [0.2, 0.25) is 0 Å². The van der Waals surface area contributed by atoms with E-state index in [0.29, 0.717) is 16.9 Å². The van der Waals surface area contributed by atoms with Crippen LogP contribution in [0.15, 0.2) is 66.9 Å². The van der Waals surface area contributed by atoms with E-state index in [1.807, 2.05) is 0 Å². The number of aromatic nitrogens is 1. The first-order chi connectivity index (χ1) is 13.5. The molecular weight excluding hydrogens is 361 g/mol.